The third-order valence-electron chi connectivity index (χ3n) is 8.12. The van der Waals surface area contributed by atoms with Crippen LogP contribution in [0, 0.1) is 6.92 Å². The quantitative estimate of drug-likeness (QED) is 0.194. The number of rotatable bonds is 6. The standard InChI is InChI=1S/C43H32/c1-31-18-17-29-37(30-31)43-41(35-25-13-5-14-26-35)39(33-21-9-3-10-22-33)38(32-19-7-2-8-20-32)40(34-23-11-4-12-24-34)42(43)36-27-15-6-16-28-36/h2-30H,1H3. The van der Waals surface area contributed by atoms with Crippen molar-refractivity contribution in [3.8, 4) is 66.8 Å². The van der Waals surface area contributed by atoms with Gasteiger partial charge in [0, 0.05) is 0 Å². The van der Waals surface area contributed by atoms with Crippen LogP contribution in [-0.4, -0.2) is 0 Å². The molecule has 0 aliphatic rings. The molecule has 0 saturated heterocycles. The van der Waals surface area contributed by atoms with Crippen LogP contribution < -0.4 is 0 Å². The summed E-state index contributed by atoms with van der Waals surface area (Å²) in [6.07, 6.45) is 0. The SMILES string of the molecule is Cc1cccc(-c2c(-c3ccccc3)c(-c3ccccc3)c(-c3ccccc3)c(-c3ccccc3)c2-c2ccccc2)c1. The summed E-state index contributed by atoms with van der Waals surface area (Å²) in [5, 5.41) is 0. The fourth-order valence-electron chi connectivity index (χ4n) is 6.31. The van der Waals surface area contributed by atoms with Gasteiger partial charge in [-0.3, -0.25) is 0 Å². The zero-order chi connectivity index (χ0) is 29.0. The van der Waals surface area contributed by atoms with Gasteiger partial charge < -0.3 is 0 Å². The lowest BCUT2D eigenvalue weighted by Crippen LogP contribution is -2.02. The number of hydrogen-bond donors (Lipinski definition) is 0. The fraction of sp³-hybridized carbons (Fsp3) is 0.0233. The molecule has 0 atom stereocenters. The van der Waals surface area contributed by atoms with Gasteiger partial charge in [-0.2, -0.15) is 0 Å². The molecule has 0 unspecified atom stereocenters. The molecule has 0 aliphatic carbocycles. The first-order valence-electron chi connectivity index (χ1n) is 14.9. The molecule has 0 heteroatoms. The van der Waals surface area contributed by atoms with E-state index >= 15 is 0 Å². The Balaban J connectivity index is 1.82. The predicted molar refractivity (Wildman–Crippen MR) is 184 cm³/mol. The van der Waals surface area contributed by atoms with Crippen molar-refractivity contribution in [3.63, 3.8) is 0 Å². The van der Waals surface area contributed by atoms with Crippen molar-refractivity contribution in [2.24, 2.45) is 0 Å². The zero-order valence-electron chi connectivity index (χ0n) is 24.2. The maximum Gasteiger partial charge on any atom is -0.00138 e. The molecule has 7 aromatic rings. The Labute approximate surface area is 254 Å². The Kier molecular flexibility index (Phi) is 7.26. The van der Waals surface area contributed by atoms with Gasteiger partial charge in [0.2, 0.25) is 0 Å². The summed E-state index contributed by atoms with van der Waals surface area (Å²) in [6, 6.07) is 63.6. The second-order valence-electron chi connectivity index (χ2n) is 10.9. The van der Waals surface area contributed by atoms with E-state index in [1.54, 1.807) is 0 Å². The van der Waals surface area contributed by atoms with Crippen LogP contribution in [0.3, 0.4) is 0 Å². The highest BCUT2D eigenvalue weighted by Crippen LogP contribution is 2.55. The Morgan fingerprint density at radius 3 is 0.721 bits per heavy atom. The summed E-state index contributed by atoms with van der Waals surface area (Å²) in [6.45, 7) is 2.18. The summed E-state index contributed by atoms with van der Waals surface area (Å²) in [7, 11) is 0. The molecule has 0 spiro atoms. The predicted octanol–water partition coefficient (Wildman–Crippen LogP) is 12.0. The molecule has 0 amide bonds. The van der Waals surface area contributed by atoms with Gasteiger partial charge in [0.25, 0.3) is 0 Å². The molecule has 0 heterocycles. The average Bonchev–Trinajstić information content (AvgIpc) is 3.09. The second-order valence-corrected chi connectivity index (χ2v) is 10.9. The van der Waals surface area contributed by atoms with Gasteiger partial charge >= 0.3 is 0 Å². The maximum atomic E-state index is 2.33. The van der Waals surface area contributed by atoms with Gasteiger partial charge in [0.15, 0.2) is 0 Å². The lowest BCUT2D eigenvalue weighted by atomic mass is 9.74. The Morgan fingerprint density at radius 1 is 0.233 bits per heavy atom. The summed E-state index contributed by atoms with van der Waals surface area (Å²) < 4.78 is 0. The fourth-order valence-corrected chi connectivity index (χ4v) is 6.31. The monoisotopic (exact) mass is 548 g/mol. The third kappa shape index (κ3) is 5.09. The van der Waals surface area contributed by atoms with Crippen LogP contribution in [0.1, 0.15) is 5.56 Å². The van der Waals surface area contributed by atoms with Crippen LogP contribution in [0.5, 0.6) is 0 Å². The first kappa shape index (κ1) is 26.4. The van der Waals surface area contributed by atoms with Crippen LogP contribution in [-0.2, 0) is 0 Å². The number of aryl methyl sites for hydroxylation is 1. The minimum Gasteiger partial charge on any atom is -0.0622 e. The molecular formula is C43H32. The van der Waals surface area contributed by atoms with Crippen LogP contribution in [0.4, 0.5) is 0 Å². The highest BCUT2D eigenvalue weighted by molar-refractivity contribution is 6.15. The topological polar surface area (TPSA) is 0 Å². The lowest BCUT2D eigenvalue weighted by Gasteiger charge is -2.29. The smallest absolute Gasteiger partial charge is 0.00138 e. The van der Waals surface area contributed by atoms with Gasteiger partial charge in [-0.1, -0.05) is 181 Å². The van der Waals surface area contributed by atoms with Crippen molar-refractivity contribution < 1.29 is 0 Å². The molecule has 0 nitrogen and oxygen atoms in total. The molecule has 0 N–H and O–H groups in total. The number of hydrogen-bond acceptors (Lipinski definition) is 0. The molecule has 0 saturated carbocycles. The maximum absolute atomic E-state index is 2.33. The summed E-state index contributed by atoms with van der Waals surface area (Å²) in [5.41, 5.74) is 15.9. The average molecular weight is 549 g/mol. The van der Waals surface area contributed by atoms with Crippen LogP contribution in [0.15, 0.2) is 176 Å². The van der Waals surface area contributed by atoms with E-state index in [1.165, 1.54) is 72.3 Å². The van der Waals surface area contributed by atoms with Crippen LogP contribution >= 0.6 is 0 Å². The second kappa shape index (κ2) is 11.8. The molecule has 0 radical (unpaired) electrons. The van der Waals surface area contributed by atoms with Gasteiger partial charge in [0.1, 0.15) is 0 Å². The molecule has 0 bridgehead atoms. The minimum absolute atomic E-state index is 1.20. The number of benzene rings is 7. The normalized spacial score (nSPS) is 10.9. The van der Waals surface area contributed by atoms with E-state index in [2.05, 4.69) is 183 Å². The van der Waals surface area contributed by atoms with Gasteiger partial charge in [0.05, 0.1) is 0 Å². The Morgan fingerprint density at radius 2 is 0.465 bits per heavy atom. The summed E-state index contributed by atoms with van der Waals surface area (Å²) in [4.78, 5) is 0. The van der Waals surface area contributed by atoms with E-state index in [1.807, 2.05) is 0 Å². The molecule has 7 rings (SSSR count). The molecule has 7 aromatic carbocycles. The molecule has 0 fully saturated rings. The molecule has 204 valence electrons. The molecular weight excluding hydrogens is 516 g/mol. The van der Waals surface area contributed by atoms with E-state index in [0.717, 1.165) is 0 Å². The van der Waals surface area contributed by atoms with Crippen molar-refractivity contribution >= 4 is 0 Å². The van der Waals surface area contributed by atoms with Crippen molar-refractivity contribution in [1.29, 1.82) is 0 Å². The Bertz CT molecular complexity index is 1870. The highest BCUT2D eigenvalue weighted by atomic mass is 14.3. The summed E-state index contributed by atoms with van der Waals surface area (Å²) in [5.74, 6) is 0. The molecule has 0 aromatic heterocycles. The van der Waals surface area contributed by atoms with Crippen molar-refractivity contribution in [2.75, 3.05) is 0 Å². The van der Waals surface area contributed by atoms with Crippen LogP contribution in [0.2, 0.25) is 0 Å². The lowest BCUT2D eigenvalue weighted by molar-refractivity contribution is 1.46. The van der Waals surface area contributed by atoms with E-state index in [9.17, 15) is 0 Å². The minimum atomic E-state index is 1.20. The van der Waals surface area contributed by atoms with Gasteiger partial charge in [-0.25, -0.2) is 0 Å². The van der Waals surface area contributed by atoms with E-state index in [0.29, 0.717) is 0 Å². The first-order chi connectivity index (χ1) is 21.3. The van der Waals surface area contributed by atoms with Gasteiger partial charge in [-0.05, 0) is 73.7 Å². The van der Waals surface area contributed by atoms with Crippen molar-refractivity contribution in [3.05, 3.63) is 181 Å². The zero-order valence-corrected chi connectivity index (χ0v) is 24.2. The van der Waals surface area contributed by atoms with E-state index in [-0.39, 0.29) is 0 Å². The summed E-state index contributed by atoms with van der Waals surface area (Å²) >= 11 is 0. The van der Waals surface area contributed by atoms with Crippen molar-refractivity contribution in [1.82, 2.24) is 0 Å². The molecule has 43 heavy (non-hydrogen) atoms. The first-order valence-corrected chi connectivity index (χ1v) is 14.9. The highest BCUT2D eigenvalue weighted by Gasteiger charge is 2.28. The third-order valence-corrected chi connectivity index (χ3v) is 8.12. The van der Waals surface area contributed by atoms with Crippen LogP contribution in [0.25, 0.3) is 66.8 Å². The largest absolute Gasteiger partial charge is 0.0622 e. The van der Waals surface area contributed by atoms with Gasteiger partial charge in [-0.15, -0.1) is 0 Å². The Hall–Kier alpha value is -5.46. The van der Waals surface area contributed by atoms with Crippen molar-refractivity contribution in [2.45, 2.75) is 6.92 Å². The van der Waals surface area contributed by atoms with E-state index < -0.39 is 0 Å². The van der Waals surface area contributed by atoms with E-state index in [4.69, 9.17) is 0 Å². The molecule has 0 aliphatic heterocycles.